The van der Waals surface area contributed by atoms with Crippen molar-refractivity contribution in [3.63, 3.8) is 0 Å². The van der Waals surface area contributed by atoms with Crippen LogP contribution in [0.2, 0.25) is 0 Å². The third kappa shape index (κ3) is 1.89. The Balaban J connectivity index is 2.25. The van der Waals surface area contributed by atoms with Gasteiger partial charge in [-0.3, -0.25) is 0 Å². The van der Waals surface area contributed by atoms with Crippen LogP contribution in [-0.2, 0) is 20.7 Å². The maximum atomic E-state index is 11.4. The van der Waals surface area contributed by atoms with Crippen LogP contribution in [0.1, 0.15) is 18.1 Å². The van der Waals surface area contributed by atoms with Crippen LogP contribution in [0.3, 0.4) is 0 Å². The van der Waals surface area contributed by atoms with E-state index >= 15 is 0 Å². The van der Waals surface area contributed by atoms with Gasteiger partial charge in [-0.1, -0.05) is 29.8 Å². The molecule has 0 amide bonds. The predicted octanol–water partition coefficient (Wildman–Crippen LogP) is 1.94. The second-order valence-electron chi connectivity index (χ2n) is 3.94. The van der Waals surface area contributed by atoms with Crippen molar-refractivity contribution in [2.75, 3.05) is 0 Å². The third-order valence-electron chi connectivity index (χ3n) is 2.69. The molecule has 16 heavy (non-hydrogen) atoms. The fraction of sp³-hybridized carbons (Fsp3) is 0.231. The van der Waals surface area contributed by atoms with Crippen LogP contribution in [0.5, 0.6) is 0 Å². The van der Waals surface area contributed by atoms with Crippen LogP contribution in [0.25, 0.3) is 0 Å². The maximum absolute atomic E-state index is 11.4. The smallest absolute Gasteiger partial charge is 0.342 e. The van der Waals surface area contributed by atoms with Crippen molar-refractivity contribution >= 4 is 11.9 Å². The topological polar surface area (TPSA) is 43.4 Å². The number of hydrogen-bond donors (Lipinski definition) is 0. The molecule has 1 aliphatic rings. The number of esters is 2. The van der Waals surface area contributed by atoms with Gasteiger partial charge in [0.25, 0.3) is 0 Å². The Morgan fingerprint density at radius 2 is 1.62 bits per heavy atom. The summed E-state index contributed by atoms with van der Waals surface area (Å²) in [6.07, 6.45) is 0.455. The summed E-state index contributed by atoms with van der Waals surface area (Å²) in [5, 5.41) is 0. The number of benzene rings is 1. The Morgan fingerprint density at radius 1 is 1.00 bits per heavy atom. The molecule has 0 unspecified atom stereocenters. The summed E-state index contributed by atoms with van der Waals surface area (Å²) in [5.74, 6) is -1.03. The molecule has 2 rings (SSSR count). The lowest BCUT2D eigenvalue weighted by molar-refractivity contribution is -0.151. The number of ether oxygens (including phenoxy) is 1. The van der Waals surface area contributed by atoms with Crippen molar-refractivity contribution in [2.24, 2.45) is 0 Å². The lowest BCUT2D eigenvalue weighted by Gasteiger charge is -2.01. The molecule has 0 aliphatic carbocycles. The number of cyclic esters (lactones) is 2. The first-order valence-corrected chi connectivity index (χ1v) is 5.09. The van der Waals surface area contributed by atoms with Gasteiger partial charge in [0, 0.05) is 12.0 Å². The van der Waals surface area contributed by atoms with Crippen molar-refractivity contribution in [3.05, 3.63) is 46.5 Å². The van der Waals surface area contributed by atoms with Crippen molar-refractivity contribution < 1.29 is 14.3 Å². The summed E-state index contributed by atoms with van der Waals surface area (Å²) >= 11 is 0. The fourth-order valence-corrected chi connectivity index (χ4v) is 1.61. The molecule has 0 saturated heterocycles. The van der Waals surface area contributed by atoms with E-state index in [0.29, 0.717) is 17.6 Å². The Labute approximate surface area is 93.7 Å². The quantitative estimate of drug-likeness (QED) is 0.560. The lowest BCUT2D eigenvalue weighted by atomic mass is 10.0. The molecule has 1 heterocycles. The maximum Gasteiger partial charge on any atom is 0.342 e. The molecule has 0 spiro atoms. The normalized spacial score (nSPS) is 15.6. The van der Waals surface area contributed by atoms with Crippen LogP contribution >= 0.6 is 0 Å². The lowest BCUT2D eigenvalue weighted by Crippen LogP contribution is -2.03. The first-order valence-electron chi connectivity index (χ1n) is 5.09. The fourth-order valence-electron chi connectivity index (χ4n) is 1.61. The van der Waals surface area contributed by atoms with Crippen LogP contribution in [0, 0.1) is 6.92 Å². The number of carbonyl (C=O) groups is 2. The van der Waals surface area contributed by atoms with E-state index in [1.807, 2.05) is 31.2 Å². The van der Waals surface area contributed by atoms with Crippen molar-refractivity contribution in [1.29, 1.82) is 0 Å². The highest BCUT2D eigenvalue weighted by Crippen LogP contribution is 2.21. The molecule has 0 aromatic heterocycles. The van der Waals surface area contributed by atoms with E-state index in [1.165, 1.54) is 5.56 Å². The van der Waals surface area contributed by atoms with E-state index in [-0.39, 0.29) is 0 Å². The van der Waals surface area contributed by atoms with Crippen LogP contribution in [0.4, 0.5) is 0 Å². The molecule has 0 radical (unpaired) electrons. The molecule has 0 atom stereocenters. The van der Waals surface area contributed by atoms with E-state index < -0.39 is 11.9 Å². The molecular formula is C13H12O3. The Morgan fingerprint density at radius 3 is 2.12 bits per heavy atom. The highest BCUT2D eigenvalue weighted by Gasteiger charge is 2.29. The van der Waals surface area contributed by atoms with E-state index in [2.05, 4.69) is 4.74 Å². The molecule has 0 saturated carbocycles. The minimum absolute atomic E-state index is 0.422. The number of hydrogen-bond acceptors (Lipinski definition) is 3. The zero-order chi connectivity index (χ0) is 11.7. The second-order valence-corrected chi connectivity index (χ2v) is 3.94. The predicted molar refractivity (Wildman–Crippen MR) is 58.7 cm³/mol. The molecule has 82 valence electrons. The van der Waals surface area contributed by atoms with Crippen LogP contribution in [-0.4, -0.2) is 11.9 Å². The highest BCUT2D eigenvalue weighted by atomic mass is 16.6. The molecular weight excluding hydrogens is 204 g/mol. The van der Waals surface area contributed by atoms with Gasteiger partial charge in [0.1, 0.15) is 0 Å². The Hall–Kier alpha value is -1.90. The van der Waals surface area contributed by atoms with E-state index in [0.717, 1.165) is 5.56 Å². The molecule has 3 nitrogen and oxygen atoms in total. The van der Waals surface area contributed by atoms with Crippen molar-refractivity contribution in [1.82, 2.24) is 0 Å². The average Bonchev–Trinajstić information content (AvgIpc) is 2.48. The SMILES string of the molecule is CC1=C(Cc2ccc(C)cc2)C(=O)OC1=O. The van der Waals surface area contributed by atoms with Gasteiger partial charge in [0.2, 0.25) is 0 Å². The summed E-state index contributed by atoms with van der Waals surface area (Å²) < 4.78 is 4.53. The molecule has 0 N–H and O–H groups in total. The minimum atomic E-state index is -0.521. The third-order valence-corrected chi connectivity index (χ3v) is 2.69. The van der Waals surface area contributed by atoms with Gasteiger partial charge in [0.15, 0.2) is 0 Å². The molecule has 1 aromatic rings. The first-order chi connectivity index (χ1) is 7.58. The van der Waals surface area contributed by atoms with Crippen LogP contribution in [0.15, 0.2) is 35.4 Å². The Bertz CT molecular complexity index is 480. The van der Waals surface area contributed by atoms with Crippen molar-refractivity contribution in [3.8, 4) is 0 Å². The van der Waals surface area contributed by atoms with Gasteiger partial charge in [-0.25, -0.2) is 9.59 Å². The van der Waals surface area contributed by atoms with Gasteiger partial charge in [0.05, 0.1) is 5.57 Å². The van der Waals surface area contributed by atoms with Crippen LogP contribution < -0.4 is 0 Å². The molecule has 1 aliphatic heterocycles. The van der Waals surface area contributed by atoms with Gasteiger partial charge < -0.3 is 4.74 Å². The highest BCUT2D eigenvalue weighted by molar-refractivity contribution is 6.12. The molecule has 0 fully saturated rings. The zero-order valence-electron chi connectivity index (χ0n) is 9.24. The minimum Gasteiger partial charge on any atom is -0.386 e. The average molecular weight is 216 g/mol. The molecule has 0 bridgehead atoms. The second kappa shape index (κ2) is 3.93. The summed E-state index contributed by atoms with van der Waals surface area (Å²) in [5.41, 5.74) is 3.06. The summed E-state index contributed by atoms with van der Waals surface area (Å²) in [6.45, 7) is 3.62. The number of rotatable bonds is 2. The Kier molecular flexibility index (Phi) is 2.60. The first kappa shape index (κ1) is 10.6. The van der Waals surface area contributed by atoms with E-state index in [1.54, 1.807) is 6.92 Å². The van der Waals surface area contributed by atoms with E-state index in [9.17, 15) is 9.59 Å². The van der Waals surface area contributed by atoms with E-state index in [4.69, 9.17) is 0 Å². The largest absolute Gasteiger partial charge is 0.386 e. The van der Waals surface area contributed by atoms with Gasteiger partial charge in [-0.2, -0.15) is 0 Å². The van der Waals surface area contributed by atoms with Crippen molar-refractivity contribution in [2.45, 2.75) is 20.3 Å². The number of aryl methyl sites for hydroxylation is 1. The summed E-state index contributed by atoms with van der Waals surface area (Å²) in [4.78, 5) is 22.5. The monoisotopic (exact) mass is 216 g/mol. The zero-order valence-corrected chi connectivity index (χ0v) is 9.24. The summed E-state index contributed by atoms with van der Waals surface area (Å²) in [6, 6.07) is 7.86. The number of carbonyl (C=O) groups excluding carboxylic acids is 2. The summed E-state index contributed by atoms with van der Waals surface area (Å²) in [7, 11) is 0. The standard InChI is InChI=1S/C13H12O3/c1-8-3-5-10(6-4-8)7-11-9(2)12(14)16-13(11)15/h3-6H,7H2,1-2H3. The van der Waals surface area contributed by atoms with Gasteiger partial charge in [-0.05, 0) is 19.4 Å². The van der Waals surface area contributed by atoms with Gasteiger partial charge >= 0.3 is 11.9 Å². The molecule has 1 aromatic carbocycles. The molecule has 3 heteroatoms. The van der Waals surface area contributed by atoms with Gasteiger partial charge in [-0.15, -0.1) is 0 Å².